The second-order valence-corrected chi connectivity index (χ2v) is 5.93. The number of aromatic nitrogens is 2. The minimum atomic E-state index is -0.308. The Labute approximate surface area is 128 Å². The third-order valence-electron chi connectivity index (χ3n) is 4.41. The predicted molar refractivity (Wildman–Crippen MR) is 84.4 cm³/mol. The van der Waals surface area contributed by atoms with E-state index in [1.54, 1.807) is 18.3 Å². The van der Waals surface area contributed by atoms with Crippen molar-refractivity contribution in [1.29, 1.82) is 0 Å². The van der Waals surface area contributed by atoms with E-state index in [4.69, 9.17) is 5.73 Å². The molecule has 116 valence electrons. The van der Waals surface area contributed by atoms with Crippen molar-refractivity contribution in [2.45, 2.75) is 37.8 Å². The van der Waals surface area contributed by atoms with Gasteiger partial charge in [0.2, 0.25) is 5.91 Å². The molecule has 2 aromatic rings. The second kappa shape index (κ2) is 5.88. The lowest BCUT2D eigenvalue weighted by atomic mass is 9.98. The average Bonchev–Trinajstić information content (AvgIpc) is 2.99. The van der Waals surface area contributed by atoms with E-state index in [2.05, 4.69) is 10.4 Å². The van der Waals surface area contributed by atoms with Gasteiger partial charge in [-0.1, -0.05) is 31.0 Å². The maximum atomic E-state index is 12.3. The summed E-state index contributed by atoms with van der Waals surface area (Å²) in [4.78, 5) is 24.6. The predicted octanol–water partition coefficient (Wildman–Crippen LogP) is 0.784. The maximum absolute atomic E-state index is 12.3. The molecule has 1 saturated carbocycles. The molecule has 0 aliphatic heterocycles. The van der Waals surface area contributed by atoms with E-state index in [1.807, 2.05) is 12.1 Å². The molecule has 1 aromatic carbocycles. The molecule has 0 atom stereocenters. The maximum Gasteiger partial charge on any atom is 0.275 e. The molecule has 0 unspecified atom stereocenters. The number of hydrogen-bond acceptors (Lipinski definition) is 4. The number of nitrogens with one attached hydrogen (secondary N) is 1. The van der Waals surface area contributed by atoms with Gasteiger partial charge in [0.1, 0.15) is 6.54 Å². The number of nitrogens with zero attached hydrogens (tertiary/aromatic N) is 2. The summed E-state index contributed by atoms with van der Waals surface area (Å²) >= 11 is 0. The summed E-state index contributed by atoms with van der Waals surface area (Å²) in [6.45, 7) is 0.351. The van der Waals surface area contributed by atoms with Crippen molar-refractivity contribution in [2.24, 2.45) is 5.73 Å². The Morgan fingerprint density at radius 3 is 2.77 bits per heavy atom. The van der Waals surface area contributed by atoms with Gasteiger partial charge in [-0.3, -0.25) is 9.59 Å². The zero-order valence-corrected chi connectivity index (χ0v) is 12.4. The Kier molecular flexibility index (Phi) is 3.94. The fourth-order valence-corrected chi connectivity index (χ4v) is 3.14. The topological polar surface area (TPSA) is 90.0 Å². The van der Waals surface area contributed by atoms with E-state index in [-0.39, 0.29) is 23.6 Å². The van der Waals surface area contributed by atoms with Gasteiger partial charge in [0.15, 0.2) is 0 Å². The van der Waals surface area contributed by atoms with E-state index in [0.29, 0.717) is 11.9 Å². The van der Waals surface area contributed by atoms with Crippen LogP contribution in [0.25, 0.3) is 10.8 Å². The van der Waals surface area contributed by atoms with Crippen LogP contribution < -0.4 is 16.6 Å². The molecule has 6 heteroatoms. The van der Waals surface area contributed by atoms with Gasteiger partial charge in [0.25, 0.3) is 5.56 Å². The lowest BCUT2D eigenvalue weighted by Gasteiger charge is -2.28. The van der Waals surface area contributed by atoms with E-state index >= 15 is 0 Å². The molecule has 6 nitrogen and oxygen atoms in total. The van der Waals surface area contributed by atoms with Crippen LogP contribution in [0.5, 0.6) is 0 Å². The highest BCUT2D eigenvalue weighted by Gasteiger charge is 2.33. The Balaban J connectivity index is 1.79. The van der Waals surface area contributed by atoms with Crippen molar-refractivity contribution < 1.29 is 4.79 Å². The highest BCUT2D eigenvalue weighted by Crippen LogP contribution is 2.28. The molecule has 1 aromatic heterocycles. The highest BCUT2D eigenvalue weighted by molar-refractivity contribution is 5.81. The molecule has 1 amide bonds. The van der Waals surface area contributed by atoms with Crippen LogP contribution in [-0.2, 0) is 11.3 Å². The number of benzene rings is 1. The van der Waals surface area contributed by atoms with Crippen LogP contribution >= 0.6 is 0 Å². The van der Waals surface area contributed by atoms with Gasteiger partial charge in [0, 0.05) is 11.9 Å². The molecule has 1 heterocycles. The van der Waals surface area contributed by atoms with Crippen LogP contribution in [0.2, 0.25) is 0 Å². The third-order valence-corrected chi connectivity index (χ3v) is 4.41. The molecule has 22 heavy (non-hydrogen) atoms. The Morgan fingerprint density at radius 2 is 2.05 bits per heavy atom. The molecule has 0 spiro atoms. The van der Waals surface area contributed by atoms with E-state index in [9.17, 15) is 9.59 Å². The number of rotatable bonds is 4. The molecule has 1 aliphatic rings. The van der Waals surface area contributed by atoms with Gasteiger partial charge in [-0.05, 0) is 18.9 Å². The summed E-state index contributed by atoms with van der Waals surface area (Å²) in [6.07, 6.45) is 5.56. The van der Waals surface area contributed by atoms with Gasteiger partial charge in [-0.25, -0.2) is 4.68 Å². The van der Waals surface area contributed by atoms with Gasteiger partial charge >= 0.3 is 0 Å². The SMILES string of the molecule is NCC1(NC(=O)Cn2ncc3ccccc3c2=O)CCCC1. The largest absolute Gasteiger partial charge is 0.348 e. The van der Waals surface area contributed by atoms with Crippen molar-refractivity contribution in [3.8, 4) is 0 Å². The molecule has 0 radical (unpaired) electrons. The summed E-state index contributed by atoms with van der Waals surface area (Å²) in [5.74, 6) is -0.211. The summed E-state index contributed by atoms with van der Waals surface area (Å²) in [5, 5.41) is 8.43. The average molecular weight is 300 g/mol. The lowest BCUT2D eigenvalue weighted by Crippen LogP contribution is -2.53. The minimum absolute atomic E-state index is 0.0780. The first-order chi connectivity index (χ1) is 10.6. The standard InChI is InChI=1S/C16H20N4O2/c17-11-16(7-3-4-8-16)19-14(21)10-20-15(22)13-6-2-1-5-12(13)9-18-20/h1-2,5-6,9H,3-4,7-8,10-11,17H2,(H,19,21). The van der Waals surface area contributed by atoms with E-state index < -0.39 is 0 Å². The van der Waals surface area contributed by atoms with Crippen LogP contribution in [0.15, 0.2) is 35.3 Å². The number of hydrogen-bond donors (Lipinski definition) is 2. The number of carbonyl (C=O) groups excluding carboxylic acids is 1. The molecular formula is C16H20N4O2. The van der Waals surface area contributed by atoms with Gasteiger partial charge in [-0.15, -0.1) is 0 Å². The first-order valence-electron chi connectivity index (χ1n) is 7.59. The number of amides is 1. The number of fused-ring (bicyclic) bond motifs is 1. The fraction of sp³-hybridized carbons (Fsp3) is 0.438. The van der Waals surface area contributed by atoms with Crippen LogP contribution in [0.1, 0.15) is 25.7 Å². The highest BCUT2D eigenvalue weighted by atomic mass is 16.2. The normalized spacial score (nSPS) is 16.8. The van der Waals surface area contributed by atoms with Crippen molar-refractivity contribution in [3.63, 3.8) is 0 Å². The van der Waals surface area contributed by atoms with Gasteiger partial charge in [0.05, 0.1) is 17.1 Å². The molecule has 0 bridgehead atoms. The molecule has 0 saturated heterocycles. The summed E-state index contributed by atoms with van der Waals surface area (Å²) in [7, 11) is 0. The Morgan fingerprint density at radius 1 is 1.32 bits per heavy atom. The van der Waals surface area contributed by atoms with Crippen LogP contribution in [-0.4, -0.2) is 27.8 Å². The first kappa shape index (κ1) is 14.7. The molecule has 1 aliphatic carbocycles. The lowest BCUT2D eigenvalue weighted by molar-refractivity contribution is -0.123. The van der Waals surface area contributed by atoms with Crippen molar-refractivity contribution in [1.82, 2.24) is 15.1 Å². The van der Waals surface area contributed by atoms with Gasteiger partial charge in [-0.2, -0.15) is 5.10 Å². The van der Waals surface area contributed by atoms with Gasteiger partial charge < -0.3 is 11.1 Å². The summed E-state index contributed by atoms with van der Waals surface area (Å²) in [5.41, 5.74) is 5.26. The van der Waals surface area contributed by atoms with Crippen molar-refractivity contribution in [3.05, 3.63) is 40.8 Å². The summed E-state index contributed by atoms with van der Waals surface area (Å²) in [6, 6.07) is 7.23. The minimum Gasteiger partial charge on any atom is -0.348 e. The first-order valence-corrected chi connectivity index (χ1v) is 7.59. The monoisotopic (exact) mass is 300 g/mol. The second-order valence-electron chi connectivity index (χ2n) is 5.93. The van der Waals surface area contributed by atoms with E-state index in [0.717, 1.165) is 31.1 Å². The molecule has 3 N–H and O–H groups in total. The molecule has 3 rings (SSSR count). The van der Waals surface area contributed by atoms with E-state index in [1.165, 1.54) is 4.68 Å². The zero-order chi connectivity index (χ0) is 15.6. The zero-order valence-electron chi connectivity index (χ0n) is 12.4. The van der Waals surface area contributed by atoms with Crippen molar-refractivity contribution in [2.75, 3.05) is 6.54 Å². The molecular weight excluding hydrogens is 280 g/mol. The van der Waals surface area contributed by atoms with Crippen molar-refractivity contribution >= 4 is 16.7 Å². The number of nitrogens with two attached hydrogens (primary N) is 1. The quantitative estimate of drug-likeness (QED) is 0.873. The Hall–Kier alpha value is -2.21. The smallest absolute Gasteiger partial charge is 0.275 e. The van der Waals surface area contributed by atoms with Crippen LogP contribution in [0, 0.1) is 0 Å². The summed E-state index contributed by atoms with van der Waals surface area (Å²) < 4.78 is 1.21. The Bertz CT molecular complexity index is 747. The fourth-order valence-electron chi connectivity index (χ4n) is 3.14. The van der Waals surface area contributed by atoms with Crippen LogP contribution in [0.4, 0.5) is 0 Å². The molecule has 1 fully saturated rings. The third kappa shape index (κ3) is 2.74. The number of carbonyl (C=O) groups is 1. The van der Waals surface area contributed by atoms with Crippen LogP contribution in [0.3, 0.4) is 0 Å².